The smallest absolute Gasteiger partial charge is 0.243 e. The van der Waals surface area contributed by atoms with Crippen molar-refractivity contribution in [2.75, 3.05) is 0 Å². The van der Waals surface area contributed by atoms with E-state index in [0.29, 0.717) is 5.56 Å². The number of aromatic nitrogens is 1. The first-order valence-electron chi connectivity index (χ1n) is 7.51. The number of nitrogens with two attached hydrogens (primary N) is 1. The Hall–Kier alpha value is -2.69. The van der Waals surface area contributed by atoms with Crippen molar-refractivity contribution >= 4 is 10.0 Å². The van der Waals surface area contributed by atoms with E-state index < -0.39 is 39.0 Å². The van der Waals surface area contributed by atoms with Gasteiger partial charge in [-0.2, -0.15) is 0 Å². The summed E-state index contributed by atoms with van der Waals surface area (Å²) in [5.41, 5.74) is 0.493. The minimum Gasteiger partial charge on any atom is -0.388 e. The molecule has 0 aliphatic rings. The molecule has 1 heterocycles. The molecule has 142 valence electrons. The van der Waals surface area contributed by atoms with Crippen molar-refractivity contribution in [3.8, 4) is 22.4 Å². The summed E-state index contributed by atoms with van der Waals surface area (Å²) < 4.78 is 70.0. The van der Waals surface area contributed by atoms with Crippen LogP contribution in [0.15, 0.2) is 39.8 Å². The molecule has 0 unspecified atom stereocenters. The van der Waals surface area contributed by atoms with Crippen LogP contribution in [0.25, 0.3) is 22.4 Å². The molecule has 3 aromatic rings. The molecule has 3 N–H and O–H groups in total. The van der Waals surface area contributed by atoms with Crippen molar-refractivity contribution in [3.05, 3.63) is 59.1 Å². The number of aliphatic hydroxyl groups excluding tert-OH is 1. The zero-order chi connectivity index (χ0) is 19.9. The zero-order valence-corrected chi connectivity index (χ0v) is 14.6. The standard InChI is InChI=1S/C17H13F3N2O4S/c1-8-2-3-9(4-11(8)18)16-15(14(7-23)26-22-16)10-5-12(19)17(13(20)6-10)27(21,24)25/h2-6,23H,7H2,1H3,(H2,21,24,25). The Balaban J connectivity index is 2.26. The maximum absolute atomic E-state index is 14.2. The predicted molar refractivity (Wildman–Crippen MR) is 89.3 cm³/mol. The van der Waals surface area contributed by atoms with Gasteiger partial charge in [0.1, 0.15) is 29.8 Å². The normalized spacial score (nSPS) is 11.8. The second kappa shape index (κ2) is 6.80. The van der Waals surface area contributed by atoms with Gasteiger partial charge in [0.05, 0.1) is 5.56 Å². The number of hydrogen-bond acceptors (Lipinski definition) is 5. The van der Waals surface area contributed by atoms with E-state index in [1.165, 1.54) is 12.1 Å². The molecule has 2 aromatic carbocycles. The highest BCUT2D eigenvalue weighted by Gasteiger charge is 2.25. The maximum Gasteiger partial charge on any atom is 0.243 e. The first-order chi connectivity index (χ1) is 12.6. The van der Waals surface area contributed by atoms with Crippen LogP contribution in [-0.4, -0.2) is 18.7 Å². The number of halogens is 3. The maximum atomic E-state index is 14.2. The molecule has 0 fully saturated rings. The average Bonchev–Trinajstić information content (AvgIpc) is 2.99. The van der Waals surface area contributed by atoms with E-state index in [1.54, 1.807) is 6.92 Å². The van der Waals surface area contributed by atoms with Gasteiger partial charge in [0.2, 0.25) is 10.0 Å². The fourth-order valence-corrected chi connectivity index (χ4v) is 3.30. The number of benzene rings is 2. The number of hydrogen-bond donors (Lipinski definition) is 2. The molecule has 0 aliphatic heterocycles. The molecule has 0 saturated carbocycles. The molecule has 0 aliphatic carbocycles. The number of sulfonamides is 1. The average molecular weight is 398 g/mol. The summed E-state index contributed by atoms with van der Waals surface area (Å²) in [4.78, 5) is -1.28. The van der Waals surface area contributed by atoms with Gasteiger partial charge in [-0.25, -0.2) is 26.7 Å². The highest BCUT2D eigenvalue weighted by molar-refractivity contribution is 7.89. The van der Waals surface area contributed by atoms with Gasteiger partial charge in [-0.1, -0.05) is 17.3 Å². The molecular formula is C17H13F3N2O4S. The number of rotatable bonds is 4. The van der Waals surface area contributed by atoms with E-state index in [4.69, 9.17) is 9.66 Å². The van der Waals surface area contributed by atoms with Gasteiger partial charge in [0.15, 0.2) is 10.7 Å². The Kier molecular flexibility index (Phi) is 4.81. The van der Waals surface area contributed by atoms with E-state index in [-0.39, 0.29) is 28.1 Å². The fraction of sp³-hybridized carbons (Fsp3) is 0.118. The fourth-order valence-electron chi connectivity index (χ4n) is 2.64. The molecule has 0 bridgehead atoms. The molecule has 1 aromatic heterocycles. The third kappa shape index (κ3) is 3.46. The van der Waals surface area contributed by atoms with Crippen LogP contribution < -0.4 is 5.14 Å². The van der Waals surface area contributed by atoms with Crippen molar-refractivity contribution in [3.63, 3.8) is 0 Å². The minimum atomic E-state index is -4.63. The summed E-state index contributed by atoms with van der Waals surface area (Å²) in [6, 6.07) is 5.60. The minimum absolute atomic E-state index is 0.000442. The van der Waals surface area contributed by atoms with Crippen molar-refractivity contribution in [2.45, 2.75) is 18.4 Å². The van der Waals surface area contributed by atoms with E-state index in [1.807, 2.05) is 0 Å². The Labute approximate surface area is 152 Å². The lowest BCUT2D eigenvalue weighted by molar-refractivity contribution is 0.230. The Morgan fingerprint density at radius 2 is 1.67 bits per heavy atom. The predicted octanol–water partition coefficient (Wildman–Crippen LogP) is 2.87. The van der Waals surface area contributed by atoms with E-state index in [9.17, 15) is 26.7 Å². The molecule has 0 saturated heterocycles. The van der Waals surface area contributed by atoms with Crippen molar-refractivity contribution in [1.82, 2.24) is 5.16 Å². The zero-order valence-electron chi connectivity index (χ0n) is 13.8. The highest BCUT2D eigenvalue weighted by Crippen LogP contribution is 2.37. The van der Waals surface area contributed by atoms with Gasteiger partial charge >= 0.3 is 0 Å². The Morgan fingerprint density at radius 3 is 2.19 bits per heavy atom. The molecular weight excluding hydrogens is 385 g/mol. The lowest BCUT2D eigenvalue weighted by atomic mass is 9.98. The van der Waals surface area contributed by atoms with Crippen LogP contribution in [0.1, 0.15) is 11.3 Å². The van der Waals surface area contributed by atoms with Crippen molar-refractivity contribution in [2.24, 2.45) is 5.14 Å². The third-order valence-electron chi connectivity index (χ3n) is 3.92. The van der Waals surface area contributed by atoms with Crippen LogP contribution >= 0.6 is 0 Å². The van der Waals surface area contributed by atoms with Crippen LogP contribution in [0.4, 0.5) is 13.2 Å². The number of aliphatic hydroxyl groups is 1. The molecule has 27 heavy (non-hydrogen) atoms. The first kappa shape index (κ1) is 19.1. The Morgan fingerprint density at radius 1 is 1.07 bits per heavy atom. The molecule has 6 nitrogen and oxygen atoms in total. The number of primary sulfonamides is 1. The lowest BCUT2D eigenvalue weighted by Gasteiger charge is -2.08. The SMILES string of the molecule is Cc1ccc(-c2noc(CO)c2-c2cc(F)c(S(N)(=O)=O)c(F)c2)cc1F. The molecule has 0 radical (unpaired) electrons. The highest BCUT2D eigenvalue weighted by atomic mass is 32.2. The Bertz CT molecular complexity index is 1120. The van der Waals surface area contributed by atoms with Crippen LogP contribution in [0.2, 0.25) is 0 Å². The lowest BCUT2D eigenvalue weighted by Crippen LogP contribution is -2.16. The van der Waals surface area contributed by atoms with E-state index >= 15 is 0 Å². The van der Waals surface area contributed by atoms with Gasteiger partial charge in [-0.3, -0.25) is 0 Å². The second-order valence-corrected chi connectivity index (χ2v) is 7.26. The second-order valence-electron chi connectivity index (χ2n) is 5.77. The van der Waals surface area contributed by atoms with Crippen molar-refractivity contribution in [1.29, 1.82) is 0 Å². The summed E-state index contributed by atoms with van der Waals surface area (Å²) in [6.07, 6.45) is 0. The summed E-state index contributed by atoms with van der Waals surface area (Å²) in [5.74, 6) is -3.50. The van der Waals surface area contributed by atoms with Crippen LogP contribution in [-0.2, 0) is 16.6 Å². The molecule has 3 rings (SSSR count). The van der Waals surface area contributed by atoms with Gasteiger partial charge in [-0.15, -0.1) is 0 Å². The monoisotopic (exact) mass is 398 g/mol. The summed E-state index contributed by atoms with van der Waals surface area (Å²) in [5, 5.41) is 18.0. The number of aryl methyl sites for hydroxylation is 1. The third-order valence-corrected chi connectivity index (χ3v) is 4.88. The van der Waals surface area contributed by atoms with Gasteiger partial charge in [0, 0.05) is 5.56 Å². The quantitative estimate of drug-likeness (QED) is 0.703. The van der Waals surface area contributed by atoms with Gasteiger partial charge in [0.25, 0.3) is 0 Å². The molecule has 0 spiro atoms. The summed E-state index contributed by atoms with van der Waals surface area (Å²) >= 11 is 0. The molecule has 0 atom stereocenters. The van der Waals surface area contributed by atoms with Crippen molar-refractivity contribution < 1.29 is 31.2 Å². The first-order valence-corrected chi connectivity index (χ1v) is 9.06. The number of nitrogens with zero attached hydrogens (tertiary/aromatic N) is 1. The van der Waals surface area contributed by atoms with Crippen LogP contribution in [0.5, 0.6) is 0 Å². The summed E-state index contributed by atoms with van der Waals surface area (Å²) in [7, 11) is -4.63. The van der Waals surface area contributed by atoms with Gasteiger partial charge < -0.3 is 9.63 Å². The van der Waals surface area contributed by atoms with E-state index in [2.05, 4.69) is 5.16 Å². The summed E-state index contributed by atoms with van der Waals surface area (Å²) in [6.45, 7) is 0.898. The largest absolute Gasteiger partial charge is 0.388 e. The van der Waals surface area contributed by atoms with Crippen LogP contribution in [0, 0.1) is 24.4 Å². The van der Waals surface area contributed by atoms with Gasteiger partial charge in [-0.05, 0) is 36.2 Å². The molecule has 0 amide bonds. The van der Waals surface area contributed by atoms with E-state index in [0.717, 1.165) is 18.2 Å². The topological polar surface area (TPSA) is 106 Å². The van der Waals surface area contributed by atoms with Crippen LogP contribution in [0.3, 0.4) is 0 Å². The molecule has 10 heteroatoms.